The summed E-state index contributed by atoms with van der Waals surface area (Å²) in [4.78, 5) is 12.2. The molecular weight excluding hydrogens is 302 g/mol. The number of nitrogens with zero attached hydrogens (tertiary/aromatic N) is 4. The van der Waals surface area contributed by atoms with Crippen molar-refractivity contribution in [2.75, 3.05) is 6.61 Å². The van der Waals surface area contributed by atoms with Gasteiger partial charge in [0.05, 0.1) is 17.9 Å². The molecule has 22 heavy (non-hydrogen) atoms. The Morgan fingerprint density at radius 1 is 1.41 bits per heavy atom. The molecule has 0 aromatic carbocycles. The highest BCUT2D eigenvalue weighted by molar-refractivity contribution is 8.00. The van der Waals surface area contributed by atoms with Crippen LogP contribution in [0.2, 0.25) is 0 Å². The van der Waals surface area contributed by atoms with Crippen LogP contribution in [-0.4, -0.2) is 50.1 Å². The van der Waals surface area contributed by atoms with E-state index >= 15 is 0 Å². The van der Waals surface area contributed by atoms with Crippen LogP contribution in [0.15, 0.2) is 5.16 Å². The van der Waals surface area contributed by atoms with Crippen molar-refractivity contribution < 1.29 is 9.53 Å². The van der Waals surface area contributed by atoms with E-state index in [4.69, 9.17) is 4.74 Å². The van der Waals surface area contributed by atoms with Gasteiger partial charge in [-0.1, -0.05) is 24.6 Å². The summed E-state index contributed by atoms with van der Waals surface area (Å²) in [5.74, 6) is 0.0727. The molecule has 1 aliphatic heterocycles. The number of thioether (sulfide) groups is 1. The van der Waals surface area contributed by atoms with E-state index in [-0.39, 0.29) is 17.3 Å². The summed E-state index contributed by atoms with van der Waals surface area (Å²) < 4.78 is 7.37. The fraction of sp³-hybridized carbons (Fsp3) is 0.857. The molecule has 3 rings (SSSR count). The summed E-state index contributed by atoms with van der Waals surface area (Å²) in [7, 11) is 0. The van der Waals surface area contributed by atoms with Crippen LogP contribution in [0.1, 0.15) is 45.4 Å². The van der Waals surface area contributed by atoms with E-state index < -0.39 is 0 Å². The van der Waals surface area contributed by atoms with Crippen LogP contribution in [0.3, 0.4) is 0 Å². The van der Waals surface area contributed by atoms with E-state index in [1.54, 1.807) is 4.68 Å². The van der Waals surface area contributed by atoms with E-state index in [1.165, 1.54) is 24.6 Å². The molecule has 122 valence electrons. The molecule has 0 spiro atoms. The minimum absolute atomic E-state index is 0.0727. The van der Waals surface area contributed by atoms with Crippen LogP contribution in [0.5, 0.6) is 0 Å². The van der Waals surface area contributed by atoms with Crippen LogP contribution in [0, 0.1) is 0 Å². The third-order valence-electron chi connectivity index (χ3n) is 4.25. The molecule has 2 aliphatic rings. The smallest absolute Gasteiger partial charge is 0.233 e. The van der Waals surface area contributed by atoms with Gasteiger partial charge in [0.1, 0.15) is 0 Å². The average Bonchev–Trinajstić information content (AvgIpc) is 3.23. The molecule has 2 fully saturated rings. The Labute approximate surface area is 134 Å². The second kappa shape index (κ2) is 7.41. The van der Waals surface area contributed by atoms with Crippen LogP contribution >= 0.6 is 11.8 Å². The van der Waals surface area contributed by atoms with Crippen molar-refractivity contribution in [3.8, 4) is 0 Å². The van der Waals surface area contributed by atoms with E-state index in [1.807, 2.05) is 6.92 Å². The summed E-state index contributed by atoms with van der Waals surface area (Å²) in [6.45, 7) is 3.38. The first-order valence-electron chi connectivity index (χ1n) is 8.07. The van der Waals surface area contributed by atoms with Gasteiger partial charge in [0.25, 0.3) is 0 Å². The third kappa shape index (κ3) is 3.98. The number of tetrazole rings is 1. The largest absolute Gasteiger partial charge is 0.376 e. The number of aromatic nitrogens is 4. The van der Waals surface area contributed by atoms with Crippen molar-refractivity contribution >= 4 is 17.7 Å². The number of carbonyl (C=O) groups is 1. The van der Waals surface area contributed by atoms with Crippen LogP contribution < -0.4 is 5.32 Å². The zero-order valence-electron chi connectivity index (χ0n) is 12.9. The molecular formula is C14H23N5O2S. The predicted octanol–water partition coefficient (Wildman–Crippen LogP) is 1.39. The van der Waals surface area contributed by atoms with Gasteiger partial charge >= 0.3 is 0 Å². The third-order valence-corrected chi connectivity index (χ3v) is 5.32. The van der Waals surface area contributed by atoms with Crippen molar-refractivity contribution in [2.24, 2.45) is 0 Å². The molecule has 1 amide bonds. The molecule has 1 aliphatic carbocycles. The SMILES string of the molecule is CC(Sc1nnnn1CC1CCCO1)C(=O)NC1CCCC1. The molecule has 1 saturated carbocycles. The monoisotopic (exact) mass is 325 g/mol. The fourth-order valence-corrected chi connectivity index (χ4v) is 3.78. The predicted molar refractivity (Wildman–Crippen MR) is 82.5 cm³/mol. The maximum Gasteiger partial charge on any atom is 0.233 e. The zero-order valence-corrected chi connectivity index (χ0v) is 13.7. The standard InChI is InChI=1S/C14H23N5O2S/c1-10(13(20)15-11-5-2-3-6-11)22-14-16-17-18-19(14)9-12-7-4-8-21-12/h10-12H,2-9H2,1H3,(H,15,20). The molecule has 1 saturated heterocycles. The highest BCUT2D eigenvalue weighted by Crippen LogP contribution is 2.23. The fourth-order valence-electron chi connectivity index (χ4n) is 2.98. The molecule has 2 unspecified atom stereocenters. The Balaban J connectivity index is 1.53. The number of carbonyl (C=O) groups excluding carboxylic acids is 1. The Morgan fingerprint density at radius 3 is 2.95 bits per heavy atom. The number of ether oxygens (including phenoxy) is 1. The van der Waals surface area contributed by atoms with E-state index in [0.717, 1.165) is 32.3 Å². The maximum atomic E-state index is 12.2. The lowest BCUT2D eigenvalue weighted by Gasteiger charge is -2.16. The van der Waals surface area contributed by atoms with Crippen LogP contribution in [0.4, 0.5) is 0 Å². The first-order chi connectivity index (χ1) is 10.7. The molecule has 2 heterocycles. The molecule has 1 aromatic heterocycles. The molecule has 0 bridgehead atoms. The van der Waals surface area contributed by atoms with Crippen molar-refractivity contribution in [1.29, 1.82) is 0 Å². The number of amides is 1. The molecule has 1 N–H and O–H groups in total. The zero-order chi connectivity index (χ0) is 15.4. The molecule has 8 heteroatoms. The molecule has 2 atom stereocenters. The number of rotatable bonds is 6. The van der Waals surface area contributed by atoms with Gasteiger partial charge in [-0.15, -0.1) is 5.10 Å². The topological polar surface area (TPSA) is 81.9 Å². The molecule has 0 radical (unpaired) electrons. The lowest BCUT2D eigenvalue weighted by Crippen LogP contribution is -2.37. The van der Waals surface area contributed by atoms with Gasteiger partial charge < -0.3 is 10.1 Å². The van der Waals surface area contributed by atoms with Gasteiger partial charge in [-0.05, 0) is 43.0 Å². The number of nitrogens with one attached hydrogen (secondary N) is 1. The van der Waals surface area contributed by atoms with Crippen LogP contribution in [-0.2, 0) is 16.1 Å². The Hall–Kier alpha value is -1.15. The second-order valence-electron chi connectivity index (χ2n) is 6.03. The van der Waals surface area contributed by atoms with Crippen molar-refractivity contribution in [3.05, 3.63) is 0 Å². The quantitative estimate of drug-likeness (QED) is 0.796. The Kier molecular flexibility index (Phi) is 5.30. The normalized spacial score (nSPS) is 23.8. The number of hydrogen-bond donors (Lipinski definition) is 1. The van der Waals surface area contributed by atoms with Crippen LogP contribution in [0.25, 0.3) is 0 Å². The minimum atomic E-state index is -0.199. The van der Waals surface area contributed by atoms with Gasteiger partial charge in [-0.3, -0.25) is 4.79 Å². The summed E-state index contributed by atoms with van der Waals surface area (Å²) in [5, 5.41) is 15.4. The molecule has 1 aromatic rings. The van der Waals surface area contributed by atoms with Gasteiger partial charge in [-0.25, -0.2) is 4.68 Å². The Bertz CT molecular complexity index is 497. The first-order valence-corrected chi connectivity index (χ1v) is 8.95. The summed E-state index contributed by atoms with van der Waals surface area (Å²) in [5.41, 5.74) is 0. The highest BCUT2D eigenvalue weighted by Gasteiger charge is 2.24. The first kappa shape index (κ1) is 15.7. The average molecular weight is 325 g/mol. The highest BCUT2D eigenvalue weighted by atomic mass is 32.2. The summed E-state index contributed by atoms with van der Waals surface area (Å²) >= 11 is 1.41. The van der Waals surface area contributed by atoms with Gasteiger partial charge in [-0.2, -0.15) is 0 Å². The van der Waals surface area contributed by atoms with Crippen molar-refractivity contribution in [3.63, 3.8) is 0 Å². The van der Waals surface area contributed by atoms with E-state index in [2.05, 4.69) is 20.8 Å². The lowest BCUT2D eigenvalue weighted by molar-refractivity contribution is -0.120. The Morgan fingerprint density at radius 2 is 2.23 bits per heavy atom. The van der Waals surface area contributed by atoms with Crippen molar-refractivity contribution in [1.82, 2.24) is 25.5 Å². The van der Waals surface area contributed by atoms with Gasteiger partial charge in [0.2, 0.25) is 11.1 Å². The number of hydrogen-bond acceptors (Lipinski definition) is 6. The van der Waals surface area contributed by atoms with Crippen molar-refractivity contribution in [2.45, 2.75) is 74.5 Å². The maximum absolute atomic E-state index is 12.2. The van der Waals surface area contributed by atoms with E-state index in [9.17, 15) is 4.79 Å². The van der Waals surface area contributed by atoms with E-state index in [0.29, 0.717) is 17.7 Å². The lowest BCUT2D eigenvalue weighted by atomic mass is 10.2. The van der Waals surface area contributed by atoms with Gasteiger partial charge in [0, 0.05) is 12.6 Å². The summed E-state index contributed by atoms with van der Waals surface area (Å²) in [6.07, 6.45) is 6.94. The summed E-state index contributed by atoms with van der Waals surface area (Å²) in [6, 6.07) is 0.346. The minimum Gasteiger partial charge on any atom is -0.376 e. The molecule has 7 nitrogen and oxygen atoms in total. The van der Waals surface area contributed by atoms with Gasteiger partial charge in [0.15, 0.2) is 0 Å². The second-order valence-corrected chi connectivity index (χ2v) is 7.34.